The van der Waals surface area contributed by atoms with Crippen LogP contribution in [0.1, 0.15) is 12.6 Å². The highest BCUT2D eigenvalue weighted by Crippen LogP contribution is 2.36. The molecule has 0 amide bonds. The minimum absolute atomic E-state index is 0.224. The van der Waals surface area contributed by atoms with E-state index >= 15 is 0 Å². The number of rotatable bonds is 5. The summed E-state index contributed by atoms with van der Waals surface area (Å²) in [7, 11) is -0.855. The van der Waals surface area contributed by atoms with Crippen molar-refractivity contribution in [1.29, 1.82) is 0 Å². The van der Waals surface area contributed by atoms with Crippen molar-refractivity contribution in [2.75, 3.05) is 11.5 Å². The van der Waals surface area contributed by atoms with Crippen LogP contribution in [0.4, 0.5) is 0 Å². The second kappa shape index (κ2) is 7.35. The lowest BCUT2D eigenvalue weighted by Crippen LogP contribution is -2.21. The monoisotopic (exact) mass is 342 g/mol. The van der Waals surface area contributed by atoms with E-state index in [2.05, 4.69) is 5.10 Å². The van der Waals surface area contributed by atoms with Crippen molar-refractivity contribution >= 4 is 16.8 Å². The average Bonchev–Trinajstić information content (AvgIpc) is 2.49. The first-order valence-electron chi connectivity index (χ1n) is 6.82. The van der Waals surface area contributed by atoms with Gasteiger partial charge in [-0.05, 0) is 29.7 Å². The van der Waals surface area contributed by atoms with Gasteiger partial charge in [-0.25, -0.2) is 0 Å². The molecule has 0 radical (unpaired) electrons. The molecule has 0 saturated heterocycles. The van der Waals surface area contributed by atoms with E-state index < -0.39 is 16.8 Å². The summed E-state index contributed by atoms with van der Waals surface area (Å²) in [5, 5.41) is 4.31. The third-order valence-corrected chi connectivity index (χ3v) is 8.57. The summed E-state index contributed by atoms with van der Waals surface area (Å²) in [4.78, 5) is 40.1. The molecule has 8 heteroatoms. The molecule has 0 saturated carbocycles. The molecule has 1 heterocycles. The maximum Gasteiger partial charge on any atom is 0.277 e. The highest BCUT2D eigenvalue weighted by Gasteiger charge is 2.12. The number of aromatic nitrogens is 2. The minimum atomic E-state index is -3.81. The lowest BCUT2D eigenvalue weighted by atomic mass is 10.3. The predicted octanol–water partition coefficient (Wildman–Crippen LogP) is 1.07. The average molecular weight is 342 g/mol. The van der Waals surface area contributed by atoms with Crippen LogP contribution in [0.2, 0.25) is 0 Å². The van der Waals surface area contributed by atoms with Crippen LogP contribution in [0.3, 0.4) is 0 Å². The molecule has 1 atom stereocenters. The standard InChI is InChI=1S/C14H19N2O4PS/c1-2-22(21(18,19)20)11-10-12-8-9-14(17)16(15-12)13-6-4-3-5-7-13/h3-9,18-20H,2,10-11H2,1H3. The fraction of sp³-hybridized carbons (Fsp3) is 0.286. The normalized spacial score (nSPS) is 13.1. The van der Waals surface area contributed by atoms with Crippen LogP contribution in [0.15, 0.2) is 47.3 Å². The van der Waals surface area contributed by atoms with Gasteiger partial charge in [0.15, 0.2) is 0 Å². The molecule has 1 unspecified atom stereocenters. The maximum atomic E-state index is 11.9. The summed E-state index contributed by atoms with van der Waals surface area (Å²) in [5.74, 6) is 0.920. The van der Waals surface area contributed by atoms with Gasteiger partial charge in [-0.2, -0.15) is 9.78 Å². The van der Waals surface area contributed by atoms with Gasteiger partial charge in [-0.1, -0.05) is 25.1 Å². The third kappa shape index (κ3) is 4.38. The molecule has 6 nitrogen and oxygen atoms in total. The zero-order valence-corrected chi connectivity index (χ0v) is 13.9. The van der Waals surface area contributed by atoms with Crippen molar-refractivity contribution in [1.82, 2.24) is 9.78 Å². The van der Waals surface area contributed by atoms with E-state index in [1.165, 1.54) is 10.7 Å². The van der Waals surface area contributed by atoms with Gasteiger partial charge in [0.1, 0.15) is 0 Å². The van der Waals surface area contributed by atoms with Crippen molar-refractivity contribution in [3.05, 3.63) is 58.5 Å². The van der Waals surface area contributed by atoms with E-state index in [-0.39, 0.29) is 5.56 Å². The topological polar surface area (TPSA) is 95.6 Å². The van der Waals surface area contributed by atoms with Crippen molar-refractivity contribution in [2.45, 2.75) is 13.3 Å². The predicted molar refractivity (Wildman–Crippen MR) is 89.9 cm³/mol. The van der Waals surface area contributed by atoms with Crippen LogP contribution in [0.5, 0.6) is 0 Å². The molecule has 120 valence electrons. The van der Waals surface area contributed by atoms with Crippen LogP contribution in [0.25, 0.3) is 5.69 Å². The lowest BCUT2D eigenvalue weighted by molar-refractivity contribution is 0.362. The highest BCUT2D eigenvalue weighted by molar-refractivity contribution is 8.27. The Kier molecular flexibility index (Phi) is 5.72. The Morgan fingerprint density at radius 1 is 1.14 bits per heavy atom. The molecule has 0 spiro atoms. The first-order valence-corrected chi connectivity index (χ1v) is 10.6. The van der Waals surface area contributed by atoms with Crippen LogP contribution in [-0.4, -0.2) is 36.0 Å². The molecule has 3 N–H and O–H groups in total. The second-order valence-corrected chi connectivity index (χ2v) is 10.6. The first kappa shape index (κ1) is 17.1. The molecule has 22 heavy (non-hydrogen) atoms. The number of para-hydroxylation sites is 1. The molecule has 0 aliphatic heterocycles. The Balaban J connectivity index is 2.26. The minimum Gasteiger partial charge on any atom is -0.329 e. The van der Waals surface area contributed by atoms with E-state index in [4.69, 9.17) is 0 Å². The van der Waals surface area contributed by atoms with Crippen LogP contribution >= 0.6 is 6.72 Å². The Labute approximate surface area is 130 Å². The van der Waals surface area contributed by atoms with Crippen molar-refractivity contribution < 1.29 is 14.7 Å². The van der Waals surface area contributed by atoms with E-state index in [0.29, 0.717) is 29.3 Å². The lowest BCUT2D eigenvalue weighted by Gasteiger charge is -2.13. The second-order valence-electron chi connectivity index (χ2n) is 4.63. The molecular formula is C14H19N2O4PS. The SMILES string of the molecule is CCS(CCc1ccc(=O)n(-c2ccccc2)n1)=P(O)(O)O. The third-order valence-electron chi connectivity index (χ3n) is 3.13. The molecular weight excluding hydrogens is 323 g/mol. The Morgan fingerprint density at radius 3 is 2.41 bits per heavy atom. The Hall–Kier alpha value is -1.24. The van der Waals surface area contributed by atoms with Crippen LogP contribution in [-0.2, 0) is 16.5 Å². The molecule has 0 bridgehead atoms. The van der Waals surface area contributed by atoms with Gasteiger partial charge in [0, 0.05) is 12.5 Å². The van der Waals surface area contributed by atoms with E-state index in [9.17, 15) is 19.5 Å². The van der Waals surface area contributed by atoms with Gasteiger partial charge in [0.2, 0.25) is 0 Å². The van der Waals surface area contributed by atoms with Gasteiger partial charge < -0.3 is 14.7 Å². The summed E-state index contributed by atoms with van der Waals surface area (Å²) in [6, 6.07) is 12.2. The largest absolute Gasteiger partial charge is 0.329 e. The van der Waals surface area contributed by atoms with E-state index in [1.807, 2.05) is 18.2 Å². The molecule has 1 aromatic heterocycles. The molecule has 2 aromatic rings. The van der Waals surface area contributed by atoms with E-state index in [1.54, 1.807) is 25.1 Å². The number of hydrogen-bond donors (Lipinski definition) is 3. The number of nitrogens with zero attached hydrogens (tertiary/aromatic N) is 2. The molecule has 0 fully saturated rings. The summed E-state index contributed by atoms with van der Waals surface area (Å²) in [6.45, 7) is -2.01. The number of hydrogen-bond acceptors (Lipinski definition) is 2. The van der Waals surface area contributed by atoms with Gasteiger partial charge in [-0.15, -0.1) is 10.1 Å². The molecule has 2 rings (SSSR count). The van der Waals surface area contributed by atoms with Crippen molar-refractivity contribution in [3.8, 4) is 5.69 Å². The number of aryl methyl sites for hydroxylation is 1. The summed E-state index contributed by atoms with van der Waals surface area (Å²) in [5.41, 5.74) is 1.12. The summed E-state index contributed by atoms with van der Waals surface area (Å²) in [6.07, 6.45) is 0.466. The molecule has 1 aromatic carbocycles. The summed E-state index contributed by atoms with van der Waals surface area (Å²) >= 11 is 0. The van der Waals surface area contributed by atoms with Crippen molar-refractivity contribution in [2.24, 2.45) is 0 Å². The fourth-order valence-corrected chi connectivity index (χ4v) is 5.37. The van der Waals surface area contributed by atoms with Gasteiger partial charge in [0.05, 0.1) is 11.4 Å². The fourth-order valence-electron chi connectivity index (χ4n) is 2.00. The Bertz CT molecular complexity index is 747. The molecule has 0 aliphatic carbocycles. The smallest absolute Gasteiger partial charge is 0.277 e. The zero-order valence-electron chi connectivity index (χ0n) is 12.2. The zero-order chi connectivity index (χ0) is 16.2. The van der Waals surface area contributed by atoms with Crippen LogP contribution in [0, 0.1) is 0 Å². The Morgan fingerprint density at radius 2 is 1.82 bits per heavy atom. The first-order chi connectivity index (χ1) is 10.4. The van der Waals surface area contributed by atoms with Crippen LogP contribution < -0.4 is 5.56 Å². The van der Waals surface area contributed by atoms with E-state index in [0.717, 1.165) is 0 Å². The van der Waals surface area contributed by atoms with Gasteiger partial charge >= 0.3 is 0 Å². The summed E-state index contributed by atoms with van der Waals surface area (Å²) < 4.78 is 1.32. The van der Waals surface area contributed by atoms with Gasteiger partial charge in [-0.3, -0.25) is 4.79 Å². The highest BCUT2D eigenvalue weighted by atomic mass is 32.5. The molecule has 0 aliphatic rings. The van der Waals surface area contributed by atoms with Gasteiger partial charge in [0.25, 0.3) is 12.3 Å². The van der Waals surface area contributed by atoms with Crippen molar-refractivity contribution in [3.63, 3.8) is 0 Å². The number of benzene rings is 1. The quantitative estimate of drug-likeness (QED) is 0.707. The maximum absolute atomic E-state index is 11.9.